The fourth-order valence-electron chi connectivity index (χ4n) is 3.86. The lowest BCUT2D eigenvalue weighted by atomic mass is 9.88. The number of thiazole rings is 1. The highest BCUT2D eigenvalue weighted by molar-refractivity contribution is 7.09. The van der Waals surface area contributed by atoms with E-state index in [2.05, 4.69) is 28.6 Å². The van der Waals surface area contributed by atoms with Crippen LogP contribution < -0.4 is 4.90 Å². The van der Waals surface area contributed by atoms with Crippen LogP contribution in [0.3, 0.4) is 0 Å². The first-order valence-electron chi connectivity index (χ1n) is 8.59. The molecule has 0 unspecified atom stereocenters. The number of hydrogen-bond donors (Lipinski definition) is 0. The Morgan fingerprint density at radius 3 is 2.83 bits per heavy atom. The quantitative estimate of drug-likeness (QED) is 0.809. The zero-order valence-electron chi connectivity index (χ0n) is 13.5. The molecule has 0 saturated heterocycles. The van der Waals surface area contributed by atoms with Crippen molar-refractivity contribution in [3.8, 4) is 11.3 Å². The van der Waals surface area contributed by atoms with Crippen molar-refractivity contribution >= 4 is 22.9 Å². The largest absolute Gasteiger partial charge is 0.312 e. The maximum absolute atomic E-state index is 12.8. The molecule has 120 valence electrons. The van der Waals surface area contributed by atoms with Gasteiger partial charge in [0.05, 0.1) is 10.7 Å². The van der Waals surface area contributed by atoms with Crippen LogP contribution in [0.1, 0.15) is 42.7 Å². The van der Waals surface area contributed by atoms with Gasteiger partial charge in [-0.1, -0.05) is 25.3 Å². The number of benzene rings is 1. The molecule has 1 aromatic heterocycles. The van der Waals surface area contributed by atoms with Crippen LogP contribution in [0.5, 0.6) is 0 Å². The minimum atomic E-state index is 0.246. The minimum Gasteiger partial charge on any atom is -0.312 e. The van der Waals surface area contributed by atoms with Crippen LogP contribution in [0.2, 0.25) is 0 Å². The second-order valence-electron chi connectivity index (χ2n) is 6.67. The molecule has 1 aromatic carbocycles. The third-order valence-corrected chi connectivity index (χ3v) is 5.88. The Morgan fingerprint density at radius 2 is 2.09 bits per heavy atom. The van der Waals surface area contributed by atoms with Gasteiger partial charge in [-0.05, 0) is 43.9 Å². The molecule has 1 amide bonds. The number of carbonyl (C=O) groups is 1. The summed E-state index contributed by atoms with van der Waals surface area (Å²) in [6.07, 6.45) is 6.81. The molecular weight excluding hydrogens is 304 g/mol. The van der Waals surface area contributed by atoms with Gasteiger partial charge in [0.15, 0.2) is 0 Å². The zero-order valence-corrected chi connectivity index (χ0v) is 14.4. The van der Waals surface area contributed by atoms with Gasteiger partial charge in [0.1, 0.15) is 0 Å². The third-order valence-electron chi connectivity index (χ3n) is 5.11. The van der Waals surface area contributed by atoms with Gasteiger partial charge < -0.3 is 4.90 Å². The number of fused-ring (bicyclic) bond motifs is 1. The zero-order chi connectivity index (χ0) is 15.8. The van der Waals surface area contributed by atoms with E-state index in [4.69, 9.17) is 0 Å². The molecule has 4 heteroatoms. The van der Waals surface area contributed by atoms with Gasteiger partial charge in [0, 0.05) is 29.1 Å². The Hall–Kier alpha value is -1.68. The monoisotopic (exact) mass is 326 g/mol. The van der Waals surface area contributed by atoms with Crippen LogP contribution in [0.25, 0.3) is 11.3 Å². The van der Waals surface area contributed by atoms with Crippen molar-refractivity contribution in [2.24, 2.45) is 5.92 Å². The summed E-state index contributed by atoms with van der Waals surface area (Å²) >= 11 is 1.68. The predicted octanol–water partition coefficient (Wildman–Crippen LogP) is 4.59. The van der Waals surface area contributed by atoms with E-state index in [0.717, 1.165) is 42.2 Å². The van der Waals surface area contributed by atoms with Crippen LogP contribution in [0.15, 0.2) is 23.6 Å². The molecule has 1 saturated carbocycles. The van der Waals surface area contributed by atoms with E-state index < -0.39 is 0 Å². The number of rotatable bonds is 2. The topological polar surface area (TPSA) is 33.2 Å². The average molecular weight is 326 g/mol. The summed E-state index contributed by atoms with van der Waals surface area (Å²) in [6, 6.07) is 6.45. The number of aromatic nitrogens is 1. The van der Waals surface area contributed by atoms with Gasteiger partial charge in [0.2, 0.25) is 5.91 Å². The van der Waals surface area contributed by atoms with E-state index in [9.17, 15) is 4.79 Å². The first-order valence-corrected chi connectivity index (χ1v) is 9.47. The molecule has 0 N–H and O–H groups in total. The lowest BCUT2D eigenvalue weighted by Gasteiger charge is -2.26. The Morgan fingerprint density at radius 1 is 1.26 bits per heavy atom. The fraction of sp³-hybridized carbons (Fsp3) is 0.474. The lowest BCUT2D eigenvalue weighted by Crippen LogP contribution is -2.35. The maximum atomic E-state index is 12.8. The fourth-order valence-corrected chi connectivity index (χ4v) is 4.48. The van der Waals surface area contributed by atoms with E-state index >= 15 is 0 Å². The van der Waals surface area contributed by atoms with Gasteiger partial charge >= 0.3 is 0 Å². The van der Waals surface area contributed by atoms with Crippen LogP contribution in [0.4, 0.5) is 5.69 Å². The number of nitrogens with zero attached hydrogens (tertiary/aromatic N) is 2. The molecule has 1 aliphatic heterocycles. The molecule has 2 aliphatic rings. The van der Waals surface area contributed by atoms with Gasteiger partial charge in [-0.25, -0.2) is 4.98 Å². The van der Waals surface area contributed by atoms with E-state index in [1.165, 1.54) is 30.4 Å². The van der Waals surface area contributed by atoms with Gasteiger partial charge in [-0.3, -0.25) is 4.79 Å². The molecule has 23 heavy (non-hydrogen) atoms. The molecule has 0 radical (unpaired) electrons. The summed E-state index contributed by atoms with van der Waals surface area (Å²) in [5.74, 6) is 0.594. The van der Waals surface area contributed by atoms with Crippen molar-refractivity contribution in [1.29, 1.82) is 0 Å². The van der Waals surface area contributed by atoms with Crippen molar-refractivity contribution < 1.29 is 4.79 Å². The molecule has 0 spiro atoms. The average Bonchev–Trinajstić information content (AvgIpc) is 3.20. The predicted molar refractivity (Wildman–Crippen MR) is 94.9 cm³/mol. The van der Waals surface area contributed by atoms with Gasteiger partial charge in [0.25, 0.3) is 0 Å². The normalized spacial score (nSPS) is 18.2. The minimum absolute atomic E-state index is 0.246. The summed E-state index contributed by atoms with van der Waals surface area (Å²) in [7, 11) is 0. The standard InChI is InChI=1S/C19H22N2OS/c1-13-20-17(12-23-13)15-7-8-18-16(11-15)9-10-21(18)19(22)14-5-3-2-4-6-14/h7-8,11-12,14H,2-6,9-10H2,1H3. The van der Waals surface area contributed by atoms with E-state index in [-0.39, 0.29) is 5.92 Å². The van der Waals surface area contributed by atoms with Crippen molar-refractivity contribution in [3.05, 3.63) is 34.2 Å². The lowest BCUT2D eigenvalue weighted by molar-refractivity contribution is -0.123. The summed E-state index contributed by atoms with van der Waals surface area (Å²) in [4.78, 5) is 19.4. The number of hydrogen-bond acceptors (Lipinski definition) is 3. The third kappa shape index (κ3) is 2.80. The van der Waals surface area contributed by atoms with Crippen LogP contribution in [-0.2, 0) is 11.2 Å². The highest BCUT2D eigenvalue weighted by Crippen LogP contribution is 2.35. The van der Waals surface area contributed by atoms with E-state index in [1.54, 1.807) is 11.3 Å². The second-order valence-corrected chi connectivity index (χ2v) is 7.73. The maximum Gasteiger partial charge on any atom is 0.230 e. The smallest absolute Gasteiger partial charge is 0.230 e. The number of anilines is 1. The Bertz CT molecular complexity index is 731. The van der Waals surface area contributed by atoms with Crippen molar-refractivity contribution in [2.45, 2.75) is 45.4 Å². The molecule has 2 heterocycles. The van der Waals surface area contributed by atoms with Crippen LogP contribution >= 0.6 is 11.3 Å². The van der Waals surface area contributed by atoms with E-state index in [1.807, 2.05) is 11.8 Å². The number of carbonyl (C=O) groups excluding carboxylic acids is 1. The van der Waals surface area contributed by atoms with Crippen LogP contribution in [0, 0.1) is 12.8 Å². The van der Waals surface area contributed by atoms with Gasteiger partial charge in [-0.15, -0.1) is 11.3 Å². The summed E-state index contributed by atoms with van der Waals surface area (Å²) in [6.45, 7) is 2.87. The van der Waals surface area contributed by atoms with E-state index in [0.29, 0.717) is 5.91 Å². The van der Waals surface area contributed by atoms with Crippen LogP contribution in [-0.4, -0.2) is 17.4 Å². The highest BCUT2D eigenvalue weighted by atomic mass is 32.1. The molecule has 3 nitrogen and oxygen atoms in total. The first kappa shape index (κ1) is 14.9. The Labute approximate surface area is 141 Å². The van der Waals surface area contributed by atoms with Crippen molar-refractivity contribution in [1.82, 2.24) is 4.98 Å². The van der Waals surface area contributed by atoms with Crippen molar-refractivity contribution in [3.63, 3.8) is 0 Å². The molecule has 2 aromatic rings. The molecular formula is C19H22N2OS. The first-order chi connectivity index (χ1) is 11.2. The Kier molecular flexibility index (Phi) is 3.93. The number of aryl methyl sites for hydroxylation is 1. The number of amides is 1. The molecule has 4 rings (SSSR count). The molecule has 1 aliphatic carbocycles. The SMILES string of the molecule is Cc1nc(-c2ccc3c(c2)CCN3C(=O)C2CCCCC2)cs1. The molecule has 0 bridgehead atoms. The summed E-state index contributed by atoms with van der Waals surface area (Å²) < 4.78 is 0. The molecule has 0 atom stereocenters. The Balaban J connectivity index is 1.58. The summed E-state index contributed by atoms with van der Waals surface area (Å²) in [5.41, 5.74) is 4.63. The van der Waals surface area contributed by atoms with Crippen molar-refractivity contribution in [2.75, 3.05) is 11.4 Å². The molecule has 1 fully saturated rings. The second kappa shape index (κ2) is 6.08. The highest BCUT2D eigenvalue weighted by Gasteiger charge is 2.31. The summed E-state index contributed by atoms with van der Waals surface area (Å²) in [5, 5.41) is 3.20. The van der Waals surface area contributed by atoms with Gasteiger partial charge in [-0.2, -0.15) is 0 Å².